The van der Waals surface area contributed by atoms with Crippen LogP contribution in [0.3, 0.4) is 0 Å². The molecule has 1 aliphatic rings. The summed E-state index contributed by atoms with van der Waals surface area (Å²) in [5.41, 5.74) is 3.83. The van der Waals surface area contributed by atoms with Crippen LogP contribution in [-0.4, -0.2) is 50.5 Å². The molecule has 0 aliphatic carbocycles. The van der Waals surface area contributed by atoms with E-state index in [2.05, 4.69) is 75.9 Å². The molecule has 0 aromatic heterocycles. The van der Waals surface area contributed by atoms with Crippen LogP contribution in [0.4, 0.5) is 0 Å². The average molecular weight is 421 g/mol. The van der Waals surface area contributed by atoms with E-state index >= 15 is 0 Å². The molecule has 0 spiro atoms. The zero-order chi connectivity index (χ0) is 22.6. The molecule has 0 N–H and O–H groups in total. The minimum atomic E-state index is -0.430. The van der Waals surface area contributed by atoms with Crippen LogP contribution in [-0.2, 0) is 9.31 Å². The fraction of sp³-hybridized carbons (Fsp3) is 0.462. The molecule has 0 bridgehead atoms. The van der Waals surface area contributed by atoms with Crippen LogP contribution in [0.2, 0.25) is 0 Å². The van der Waals surface area contributed by atoms with Crippen molar-refractivity contribution >= 4 is 18.2 Å². The molecule has 5 heteroatoms. The van der Waals surface area contributed by atoms with Crippen LogP contribution >= 0.6 is 0 Å². The lowest BCUT2D eigenvalue weighted by Crippen LogP contribution is -2.41. The Morgan fingerprint density at radius 3 is 1.97 bits per heavy atom. The molecule has 166 valence electrons. The Kier molecular flexibility index (Phi) is 7.30. The third-order valence-electron chi connectivity index (χ3n) is 6.26. The van der Waals surface area contributed by atoms with E-state index in [9.17, 15) is 0 Å². The van der Waals surface area contributed by atoms with Crippen molar-refractivity contribution < 1.29 is 14.0 Å². The maximum absolute atomic E-state index is 6.49. The molecular formula is C26H36BNO3. The zero-order valence-corrected chi connectivity index (χ0v) is 20.1. The number of likely N-dealkylation sites (N-methyl/N-ethyl adjacent to an activating group) is 1. The Balaban J connectivity index is 2.00. The Labute approximate surface area is 188 Å². The molecule has 0 unspecified atom stereocenters. The van der Waals surface area contributed by atoms with Crippen molar-refractivity contribution in [2.45, 2.75) is 52.2 Å². The molecule has 2 aromatic carbocycles. The summed E-state index contributed by atoms with van der Waals surface area (Å²) in [5.74, 6) is 0.872. The number of rotatable bonds is 8. The second-order valence-corrected chi connectivity index (χ2v) is 9.38. The minimum Gasteiger partial charge on any atom is -0.492 e. The van der Waals surface area contributed by atoms with Gasteiger partial charge in [0.1, 0.15) is 12.4 Å². The third kappa shape index (κ3) is 5.41. The van der Waals surface area contributed by atoms with Crippen molar-refractivity contribution in [3.63, 3.8) is 0 Å². The topological polar surface area (TPSA) is 30.9 Å². The van der Waals surface area contributed by atoms with Gasteiger partial charge in [0.05, 0.1) is 11.2 Å². The lowest BCUT2D eigenvalue weighted by Gasteiger charge is -2.32. The fourth-order valence-corrected chi connectivity index (χ4v) is 3.68. The van der Waals surface area contributed by atoms with Gasteiger partial charge in [-0.2, -0.15) is 0 Å². The van der Waals surface area contributed by atoms with Crippen LogP contribution < -0.4 is 4.74 Å². The highest BCUT2D eigenvalue weighted by Gasteiger charge is 2.53. The summed E-state index contributed by atoms with van der Waals surface area (Å²) in [6.07, 6.45) is 0.879. The van der Waals surface area contributed by atoms with Crippen molar-refractivity contribution in [1.82, 2.24) is 4.90 Å². The van der Waals surface area contributed by atoms with Crippen molar-refractivity contribution in [3.05, 3.63) is 65.7 Å². The van der Waals surface area contributed by atoms with Crippen molar-refractivity contribution in [2.75, 3.05) is 27.2 Å². The van der Waals surface area contributed by atoms with Gasteiger partial charge in [0.15, 0.2) is 0 Å². The first-order valence-electron chi connectivity index (χ1n) is 11.2. The van der Waals surface area contributed by atoms with Crippen molar-refractivity contribution in [1.29, 1.82) is 0 Å². The van der Waals surface area contributed by atoms with Crippen LogP contribution in [0.25, 0.3) is 11.0 Å². The van der Waals surface area contributed by atoms with Crippen LogP contribution in [0.1, 0.15) is 52.2 Å². The van der Waals surface area contributed by atoms with E-state index in [-0.39, 0.29) is 0 Å². The van der Waals surface area contributed by atoms with Crippen LogP contribution in [0.15, 0.2) is 54.6 Å². The highest BCUT2D eigenvalue weighted by atomic mass is 16.7. The molecule has 1 aliphatic heterocycles. The number of benzene rings is 2. The van der Waals surface area contributed by atoms with Gasteiger partial charge in [0, 0.05) is 6.54 Å². The van der Waals surface area contributed by atoms with Crippen LogP contribution in [0.5, 0.6) is 5.75 Å². The van der Waals surface area contributed by atoms with Crippen molar-refractivity contribution in [2.24, 2.45) is 0 Å². The minimum absolute atomic E-state index is 0.395. The van der Waals surface area contributed by atoms with Gasteiger partial charge in [-0.3, -0.25) is 0 Å². The summed E-state index contributed by atoms with van der Waals surface area (Å²) >= 11 is 0. The van der Waals surface area contributed by atoms with E-state index in [1.807, 2.05) is 32.3 Å². The number of allylic oxidation sites excluding steroid dienone is 1. The first kappa shape index (κ1) is 23.6. The molecule has 1 fully saturated rings. The maximum Gasteiger partial charge on any atom is 0.495 e. The molecule has 0 amide bonds. The standard InChI is InChI=1S/C26H36BNO3/c1-8-23(20-12-10-9-11-13-20)24(27-30-25(2,3)26(4,5)31-27)21-14-16-22(17-15-21)29-19-18-28(6)7/h9-17H,8,18-19H2,1-7H3/b24-23-. The highest BCUT2D eigenvalue weighted by Crippen LogP contribution is 2.43. The number of hydrogen-bond acceptors (Lipinski definition) is 4. The van der Waals surface area contributed by atoms with Gasteiger partial charge in [-0.25, -0.2) is 0 Å². The van der Waals surface area contributed by atoms with Gasteiger partial charge in [0.25, 0.3) is 0 Å². The number of ether oxygens (including phenoxy) is 1. The molecular weight excluding hydrogens is 385 g/mol. The van der Waals surface area contributed by atoms with Crippen LogP contribution in [0, 0.1) is 0 Å². The SMILES string of the molecule is CC/C(=C(/B1OC(C)(C)C(C)(C)O1)c1ccc(OCCN(C)C)cc1)c1ccccc1. The van der Waals surface area contributed by atoms with E-state index in [0.29, 0.717) is 6.61 Å². The fourth-order valence-electron chi connectivity index (χ4n) is 3.68. The molecule has 0 radical (unpaired) electrons. The zero-order valence-electron chi connectivity index (χ0n) is 20.1. The largest absolute Gasteiger partial charge is 0.495 e. The maximum atomic E-state index is 6.49. The second-order valence-electron chi connectivity index (χ2n) is 9.38. The average Bonchev–Trinajstić information content (AvgIpc) is 2.94. The Morgan fingerprint density at radius 1 is 0.871 bits per heavy atom. The first-order valence-corrected chi connectivity index (χ1v) is 11.2. The predicted octanol–water partition coefficient (Wildman–Crippen LogP) is 5.58. The smallest absolute Gasteiger partial charge is 0.492 e. The lowest BCUT2D eigenvalue weighted by atomic mass is 9.69. The molecule has 4 nitrogen and oxygen atoms in total. The molecule has 2 aromatic rings. The Bertz CT molecular complexity index is 873. The van der Waals surface area contributed by atoms with E-state index in [0.717, 1.165) is 29.8 Å². The molecule has 3 rings (SSSR count). The second kappa shape index (κ2) is 9.60. The molecule has 1 heterocycles. The third-order valence-corrected chi connectivity index (χ3v) is 6.26. The Morgan fingerprint density at radius 2 is 1.45 bits per heavy atom. The van der Waals surface area contributed by atoms with E-state index in [1.54, 1.807) is 0 Å². The number of nitrogens with zero attached hydrogens (tertiary/aromatic N) is 1. The summed E-state index contributed by atoms with van der Waals surface area (Å²) < 4.78 is 18.9. The van der Waals surface area contributed by atoms with E-state index in [1.165, 1.54) is 11.1 Å². The van der Waals surface area contributed by atoms with Gasteiger partial charge >= 0.3 is 7.12 Å². The molecule has 0 atom stereocenters. The summed E-state index contributed by atoms with van der Waals surface area (Å²) in [5, 5.41) is 0. The van der Waals surface area contributed by atoms with Gasteiger partial charge in [-0.05, 0) is 82.5 Å². The monoisotopic (exact) mass is 421 g/mol. The summed E-state index contributed by atoms with van der Waals surface area (Å²) in [6, 6.07) is 18.8. The lowest BCUT2D eigenvalue weighted by molar-refractivity contribution is 0.00578. The van der Waals surface area contributed by atoms with Gasteiger partial charge in [0.2, 0.25) is 0 Å². The van der Waals surface area contributed by atoms with E-state index < -0.39 is 18.3 Å². The quantitative estimate of drug-likeness (QED) is 0.411. The first-order chi connectivity index (χ1) is 14.6. The molecule has 1 saturated heterocycles. The Hall–Kier alpha value is -2.08. The highest BCUT2D eigenvalue weighted by molar-refractivity contribution is 6.71. The van der Waals surface area contributed by atoms with E-state index in [4.69, 9.17) is 14.0 Å². The molecule has 0 saturated carbocycles. The van der Waals surface area contributed by atoms with Crippen molar-refractivity contribution in [3.8, 4) is 5.75 Å². The van der Waals surface area contributed by atoms with Gasteiger partial charge in [-0.15, -0.1) is 0 Å². The summed E-state index contributed by atoms with van der Waals surface area (Å²) in [4.78, 5) is 2.11. The van der Waals surface area contributed by atoms with Gasteiger partial charge < -0.3 is 18.9 Å². The molecule has 31 heavy (non-hydrogen) atoms. The number of hydrogen-bond donors (Lipinski definition) is 0. The predicted molar refractivity (Wildman–Crippen MR) is 130 cm³/mol. The van der Waals surface area contributed by atoms with Gasteiger partial charge in [-0.1, -0.05) is 49.4 Å². The normalized spacial score (nSPS) is 18.3. The summed E-state index contributed by atoms with van der Waals surface area (Å²) in [7, 11) is 3.66. The summed E-state index contributed by atoms with van der Waals surface area (Å²) in [6.45, 7) is 12.1.